The number of hydrogen-bond acceptors (Lipinski definition) is 3. The Balaban J connectivity index is 2.52. The van der Waals surface area contributed by atoms with Crippen molar-refractivity contribution >= 4 is 47.4 Å². The Morgan fingerprint density at radius 2 is 2.20 bits per heavy atom. The zero-order valence-electron chi connectivity index (χ0n) is 11.9. The molecule has 0 aliphatic carbocycles. The monoisotopic (exact) mass is 371 g/mol. The van der Waals surface area contributed by atoms with E-state index >= 15 is 0 Å². The molecule has 1 aromatic rings. The van der Waals surface area contributed by atoms with Gasteiger partial charge in [-0.25, -0.2) is 4.85 Å². The number of carbonyl (C=O) groups excluding carboxylic acids is 1. The first-order valence-electron chi connectivity index (χ1n) is 6.33. The Morgan fingerprint density at radius 1 is 1.50 bits per heavy atom. The maximum atomic E-state index is 11.8. The van der Waals surface area contributed by atoms with Gasteiger partial charge < -0.3 is 4.74 Å². The topological polar surface area (TPSA) is 30.7 Å². The van der Waals surface area contributed by atoms with Gasteiger partial charge in [0, 0.05) is 13.0 Å². The highest BCUT2D eigenvalue weighted by atomic mass is 79.9. The van der Waals surface area contributed by atoms with E-state index in [1.807, 2.05) is 12.1 Å². The molecule has 108 valence electrons. The van der Waals surface area contributed by atoms with Gasteiger partial charge in [-0.3, -0.25) is 4.79 Å². The van der Waals surface area contributed by atoms with Crippen LogP contribution in [0, 0.1) is 6.57 Å². The van der Waals surface area contributed by atoms with Crippen molar-refractivity contribution in [2.75, 3.05) is 6.61 Å². The van der Waals surface area contributed by atoms with E-state index in [0.717, 1.165) is 21.1 Å². The number of nitrogens with zero attached hydrogens (tertiary/aromatic N) is 1. The van der Waals surface area contributed by atoms with Crippen molar-refractivity contribution in [3.8, 4) is 0 Å². The van der Waals surface area contributed by atoms with Crippen LogP contribution in [0.15, 0.2) is 21.6 Å². The van der Waals surface area contributed by atoms with Crippen molar-refractivity contribution in [2.45, 2.75) is 32.1 Å². The third-order valence-corrected chi connectivity index (χ3v) is 5.93. The van der Waals surface area contributed by atoms with Gasteiger partial charge in [0.15, 0.2) is 0 Å². The Kier molecular flexibility index (Phi) is 6.66. The summed E-state index contributed by atoms with van der Waals surface area (Å²) in [5.41, 5.74) is 0.0346. The van der Waals surface area contributed by atoms with E-state index in [1.54, 1.807) is 6.08 Å². The molecule has 0 bridgehead atoms. The maximum Gasteiger partial charge on any atom is 0.336 e. The summed E-state index contributed by atoms with van der Waals surface area (Å²) < 4.78 is 6.13. The van der Waals surface area contributed by atoms with E-state index in [2.05, 4.69) is 40.4 Å². The predicted octanol–water partition coefficient (Wildman–Crippen LogP) is 5.04. The molecule has 1 rings (SSSR count). The summed E-state index contributed by atoms with van der Waals surface area (Å²) in [4.78, 5) is 15.9. The molecule has 0 saturated carbocycles. The number of ether oxygens (including phenoxy) is 1. The van der Waals surface area contributed by atoms with Crippen molar-refractivity contribution in [3.63, 3.8) is 0 Å². The summed E-state index contributed by atoms with van der Waals surface area (Å²) >= 11 is 4.83. The lowest BCUT2D eigenvalue weighted by molar-refractivity contribution is -0.138. The molecule has 0 spiro atoms. The highest BCUT2D eigenvalue weighted by molar-refractivity contribution is 9.11. The third kappa shape index (κ3) is 6.50. The van der Waals surface area contributed by atoms with Gasteiger partial charge in [-0.2, -0.15) is 0 Å². The summed E-state index contributed by atoms with van der Waals surface area (Å²) in [5.74, 6) is -0.528. The molecular weight excluding hydrogens is 354 g/mol. The molecule has 1 aromatic heterocycles. The highest BCUT2D eigenvalue weighted by Crippen LogP contribution is 2.24. The SMILES string of the molecule is [C-]#[N+]C(=Cc1ccc(Br)s1)C(=O)OCCC[Si](C)(C)C. The fourth-order valence-electron chi connectivity index (χ4n) is 1.52. The first-order chi connectivity index (χ1) is 9.31. The van der Waals surface area contributed by atoms with Crippen molar-refractivity contribution < 1.29 is 9.53 Å². The maximum absolute atomic E-state index is 11.8. The molecule has 0 saturated heterocycles. The molecule has 0 N–H and O–H groups in total. The number of hydrogen-bond donors (Lipinski definition) is 0. The van der Waals surface area contributed by atoms with Gasteiger partial charge in [-0.05, 0) is 40.6 Å². The Hall–Kier alpha value is -0.903. The number of esters is 1. The lowest BCUT2D eigenvalue weighted by Crippen LogP contribution is -2.20. The molecule has 0 atom stereocenters. The smallest absolute Gasteiger partial charge is 0.336 e. The minimum absolute atomic E-state index is 0.0346. The van der Waals surface area contributed by atoms with Crippen LogP contribution in [0.3, 0.4) is 0 Å². The molecule has 0 amide bonds. The zero-order valence-corrected chi connectivity index (χ0v) is 15.3. The number of carbonyl (C=O) groups is 1. The van der Waals surface area contributed by atoms with Crippen molar-refractivity contribution in [1.29, 1.82) is 0 Å². The highest BCUT2D eigenvalue weighted by Gasteiger charge is 2.15. The first-order valence-corrected chi connectivity index (χ1v) is 11.6. The van der Waals surface area contributed by atoms with Gasteiger partial charge in [0.2, 0.25) is 0 Å². The summed E-state index contributed by atoms with van der Waals surface area (Å²) in [6, 6.07) is 4.87. The van der Waals surface area contributed by atoms with Gasteiger partial charge in [0.25, 0.3) is 5.70 Å². The zero-order chi connectivity index (χ0) is 15.2. The second-order valence-electron chi connectivity index (χ2n) is 5.58. The van der Waals surface area contributed by atoms with Crippen molar-refractivity contribution in [3.05, 3.63) is 37.9 Å². The average molecular weight is 372 g/mol. The molecular formula is C14H18BrNO2SSi. The summed E-state index contributed by atoms with van der Waals surface area (Å²) in [6.07, 6.45) is 2.45. The van der Waals surface area contributed by atoms with Crippen LogP contribution in [0.4, 0.5) is 0 Å². The van der Waals surface area contributed by atoms with E-state index in [4.69, 9.17) is 11.3 Å². The number of halogens is 1. The van der Waals surface area contributed by atoms with Gasteiger partial charge in [-0.15, -0.1) is 11.3 Å². The lowest BCUT2D eigenvalue weighted by atomic mass is 10.3. The molecule has 0 aromatic carbocycles. The first kappa shape index (κ1) is 17.1. The van der Waals surface area contributed by atoms with Crippen LogP contribution >= 0.6 is 27.3 Å². The summed E-state index contributed by atoms with van der Waals surface area (Å²) in [6.45, 7) is 14.3. The van der Waals surface area contributed by atoms with Crippen LogP contribution in [-0.4, -0.2) is 20.7 Å². The van der Waals surface area contributed by atoms with E-state index in [1.165, 1.54) is 11.3 Å². The molecule has 0 aliphatic heterocycles. The molecule has 0 aliphatic rings. The van der Waals surface area contributed by atoms with Gasteiger partial charge in [0.05, 0.1) is 17.0 Å². The number of thiophene rings is 1. The molecule has 3 nitrogen and oxygen atoms in total. The predicted molar refractivity (Wildman–Crippen MR) is 90.3 cm³/mol. The normalized spacial score (nSPS) is 12.1. The van der Waals surface area contributed by atoms with E-state index < -0.39 is 14.0 Å². The summed E-state index contributed by atoms with van der Waals surface area (Å²) in [5, 5.41) is 0. The second-order valence-corrected chi connectivity index (χ2v) is 13.7. The molecule has 0 fully saturated rings. The average Bonchev–Trinajstić information content (AvgIpc) is 2.76. The summed E-state index contributed by atoms with van der Waals surface area (Å²) in [7, 11) is -1.09. The lowest BCUT2D eigenvalue weighted by Gasteiger charge is -2.14. The fraction of sp³-hybridized carbons (Fsp3) is 0.429. The van der Waals surface area contributed by atoms with Crippen LogP contribution in [0.25, 0.3) is 10.9 Å². The largest absolute Gasteiger partial charge is 0.471 e. The Bertz CT molecular complexity index is 540. The van der Waals surface area contributed by atoms with Crippen LogP contribution in [-0.2, 0) is 9.53 Å². The minimum atomic E-state index is -1.09. The van der Waals surface area contributed by atoms with Gasteiger partial charge >= 0.3 is 5.97 Å². The Labute approximate surface area is 133 Å². The standard InChI is InChI=1S/C14H18BrNO2SSi/c1-16-12(10-11-6-7-13(15)19-11)14(17)18-8-5-9-20(2,3)4/h6-7,10H,5,8-9H2,2-4H3. The van der Waals surface area contributed by atoms with E-state index in [-0.39, 0.29) is 5.70 Å². The van der Waals surface area contributed by atoms with Crippen molar-refractivity contribution in [2.24, 2.45) is 0 Å². The van der Waals surface area contributed by atoms with Crippen molar-refractivity contribution in [1.82, 2.24) is 0 Å². The second kappa shape index (κ2) is 7.77. The Morgan fingerprint density at radius 3 is 2.70 bits per heavy atom. The minimum Gasteiger partial charge on any atom is -0.471 e. The number of rotatable bonds is 6. The third-order valence-electron chi connectivity index (χ3n) is 2.51. The molecule has 20 heavy (non-hydrogen) atoms. The van der Waals surface area contributed by atoms with Crippen LogP contribution < -0.4 is 0 Å². The molecule has 0 unspecified atom stereocenters. The fourth-order valence-corrected chi connectivity index (χ4v) is 4.08. The van der Waals surface area contributed by atoms with Crippen LogP contribution in [0.1, 0.15) is 11.3 Å². The quantitative estimate of drug-likeness (QED) is 0.230. The molecule has 0 radical (unpaired) electrons. The molecule has 1 heterocycles. The van der Waals surface area contributed by atoms with Gasteiger partial charge in [0.1, 0.15) is 0 Å². The van der Waals surface area contributed by atoms with Crippen LogP contribution in [0.2, 0.25) is 25.7 Å². The van der Waals surface area contributed by atoms with Crippen LogP contribution in [0.5, 0.6) is 0 Å². The molecule has 6 heteroatoms. The van der Waals surface area contributed by atoms with Gasteiger partial charge in [-0.1, -0.05) is 25.7 Å². The van der Waals surface area contributed by atoms with E-state index in [9.17, 15) is 4.79 Å². The van der Waals surface area contributed by atoms with E-state index in [0.29, 0.717) is 6.61 Å².